The number of halogens is 2. The van der Waals surface area contributed by atoms with Crippen LogP contribution in [0.25, 0.3) is 16.9 Å². The number of fused-ring (bicyclic) bond motifs is 5. The van der Waals surface area contributed by atoms with Crippen LogP contribution in [0.5, 0.6) is 0 Å². The third-order valence-corrected chi connectivity index (χ3v) is 3.42. The number of imidazole rings is 1. The highest BCUT2D eigenvalue weighted by Crippen LogP contribution is 2.35. The van der Waals surface area contributed by atoms with Gasteiger partial charge in [0.05, 0.1) is 11.4 Å². The molecule has 0 aliphatic heterocycles. The van der Waals surface area contributed by atoms with Gasteiger partial charge in [-0.15, -0.1) is 24.8 Å². The first kappa shape index (κ1) is 14.4. The fourth-order valence-corrected chi connectivity index (χ4v) is 2.63. The standard InChI is InChI=1S/C13H10N4O.2ClH/c14-8-1-2-9-7(5-8)6-10-11(9)16-13(18)12-15-3-4-17(10)12;;/h1-5H,6,14H2,(H,16,18);2*1H. The Morgan fingerprint density at radius 3 is 2.90 bits per heavy atom. The van der Waals surface area contributed by atoms with Crippen molar-refractivity contribution in [2.75, 3.05) is 5.73 Å². The predicted octanol–water partition coefficient (Wildman–Crippen LogP) is 2.02. The van der Waals surface area contributed by atoms with Gasteiger partial charge in [0.1, 0.15) is 0 Å². The second kappa shape index (κ2) is 4.85. The number of rotatable bonds is 0. The monoisotopic (exact) mass is 310 g/mol. The molecular formula is C13H12Cl2N4O. The number of nitrogens with two attached hydrogens (primary N) is 1. The summed E-state index contributed by atoms with van der Waals surface area (Å²) in [4.78, 5) is 18.9. The SMILES string of the molecule is Cl.Cl.Nc1ccc2c(c1)Cc1c-2[nH]c(=O)c2nccn12. The third kappa shape index (κ3) is 1.78. The van der Waals surface area contributed by atoms with E-state index in [-0.39, 0.29) is 30.4 Å². The molecule has 3 N–H and O–H groups in total. The number of hydrogen-bond acceptors (Lipinski definition) is 3. The number of nitrogens with zero attached hydrogens (tertiary/aromatic N) is 2. The Hall–Kier alpha value is -1.98. The topological polar surface area (TPSA) is 76.2 Å². The van der Waals surface area contributed by atoms with Gasteiger partial charge in [-0.3, -0.25) is 9.20 Å². The number of hydrogen-bond donors (Lipinski definition) is 2. The second-order valence-electron chi connectivity index (χ2n) is 4.49. The number of nitrogens with one attached hydrogen (secondary N) is 1. The molecule has 0 saturated heterocycles. The molecule has 0 fully saturated rings. The predicted molar refractivity (Wildman–Crippen MR) is 83.0 cm³/mol. The zero-order valence-corrected chi connectivity index (χ0v) is 11.9. The quantitative estimate of drug-likeness (QED) is 0.488. The van der Waals surface area contributed by atoms with E-state index in [1.54, 1.807) is 6.20 Å². The first-order chi connectivity index (χ1) is 8.74. The minimum absolute atomic E-state index is 0. The molecule has 0 unspecified atom stereocenters. The van der Waals surface area contributed by atoms with Crippen molar-refractivity contribution in [1.29, 1.82) is 0 Å². The molecule has 1 aliphatic carbocycles. The molecule has 1 aliphatic rings. The van der Waals surface area contributed by atoms with Crippen LogP contribution >= 0.6 is 24.8 Å². The van der Waals surface area contributed by atoms with Crippen LogP contribution in [0.1, 0.15) is 11.3 Å². The van der Waals surface area contributed by atoms with E-state index in [1.165, 1.54) is 0 Å². The van der Waals surface area contributed by atoms with E-state index >= 15 is 0 Å². The number of H-pyrrole nitrogens is 1. The van der Waals surface area contributed by atoms with Crippen LogP contribution in [0.3, 0.4) is 0 Å². The minimum Gasteiger partial charge on any atom is -0.399 e. The highest BCUT2D eigenvalue weighted by Gasteiger charge is 2.23. The van der Waals surface area contributed by atoms with E-state index in [9.17, 15) is 4.79 Å². The van der Waals surface area contributed by atoms with Crippen LogP contribution in [0.15, 0.2) is 35.4 Å². The van der Waals surface area contributed by atoms with Crippen molar-refractivity contribution in [1.82, 2.24) is 14.4 Å². The van der Waals surface area contributed by atoms with Crippen LogP contribution in [-0.2, 0) is 6.42 Å². The van der Waals surface area contributed by atoms with Gasteiger partial charge in [0.25, 0.3) is 5.56 Å². The maximum atomic E-state index is 11.9. The number of nitrogen functional groups attached to an aromatic ring is 1. The van der Waals surface area contributed by atoms with Crippen molar-refractivity contribution < 1.29 is 0 Å². The van der Waals surface area contributed by atoms with Gasteiger partial charge in [0.15, 0.2) is 0 Å². The molecule has 3 aromatic rings. The minimum atomic E-state index is -0.163. The van der Waals surface area contributed by atoms with Crippen molar-refractivity contribution in [3.8, 4) is 11.3 Å². The number of anilines is 1. The van der Waals surface area contributed by atoms with Crippen molar-refractivity contribution in [2.24, 2.45) is 0 Å². The second-order valence-corrected chi connectivity index (χ2v) is 4.49. The number of aromatic amines is 1. The largest absolute Gasteiger partial charge is 0.399 e. The Labute approximate surface area is 126 Å². The molecule has 20 heavy (non-hydrogen) atoms. The van der Waals surface area contributed by atoms with E-state index < -0.39 is 0 Å². The Kier molecular flexibility index (Phi) is 3.50. The van der Waals surface area contributed by atoms with E-state index in [0.717, 1.165) is 34.6 Å². The lowest BCUT2D eigenvalue weighted by molar-refractivity contribution is 1.00. The molecule has 0 radical (unpaired) electrons. The van der Waals surface area contributed by atoms with Crippen molar-refractivity contribution >= 4 is 36.1 Å². The third-order valence-electron chi connectivity index (χ3n) is 3.42. The first-order valence-electron chi connectivity index (χ1n) is 5.71. The summed E-state index contributed by atoms with van der Waals surface area (Å²) in [5.41, 5.74) is 10.9. The summed E-state index contributed by atoms with van der Waals surface area (Å²) in [6.07, 6.45) is 4.22. The number of aromatic nitrogens is 3. The fourth-order valence-electron chi connectivity index (χ4n) is 2.63. The Balaban J connectivity index is 0.000000735. The molecule has 0 bridgehead atoms. The molecule has 2 aromatic heterocycles. The highest BCUT2D eigenvalue weighted by atomic mass is 35.5. The van der Waals surface area contributed by atoms with Gasteiger partial charge >= 0.3 is 0 Å². The van der Waals surface area contributed by atoms with Gasteiger partial charge in [-0.2, -0.15) is 0 Å². The van der Waals surface area contributed by atoms with Gasteiger partial charge in [-0.05, 0) is 17.7 Å². The Bertz CT molecular complexity index is 853. The average Bonchev–Trinajstić information content (AvgIpc) is 2.93. The zero-order valence-electron chi connectivity index (χ0n) is 10.3. The molecule has 104 valence electrons. The van der Waals surface area contributed by atoms with Crippen LogP contribution < -0.4 is 11.3 Å². The van der Waals surface area contributed by atoms with E-state index in [0.29, 0.717) is 5.65 Å². The molecule has 0 saturated carbocycles. The maximum Gasteiger partial charge on any atom is 0.292 e. The summed E-state index contributed by atoms with van der Waals surface area (Å²) in [6.45, 7) is 0. The average molecular weight is 311 g/mol. The van der Waals surface area contributed by atoms with Crippen molar-refractivity contribution in [3.05, 3.63) is 52.2 Å². The maximum absolute atomic E-state index is 11.9. The summed E-state index contributed by atoms with van der Waals surface area (Å²) in [6, 6.07) is 5.76. The molecule has 7 heteroatoms. The molecule has 4 rings (SSSR count). The zero-order chi connectivity index (χ0) is 12.3. The van der Waals surface area contributed by atoms with E-state index in [4.69, 9.17) is 5.73 Å². The van der Waals surface area contributed by atoms with Crippen LogP contribution in [-0.4, -0.2) is 14.4 Å². The number of benzene rings is 1. The summed E-state index contributed by atoms with van der Waals surface area (Å²) < 4.78 is 1.85. The van der Waals surface area contributed by atoms with Crippen LogP contribution in [0, 0.1) is 0 Å². The first-order valence-corrected chi connectivity index (χ1v) is 5.71. The van der Waals surface area contributed by atoms with E-state index in [2.05, 4.69) is 9.97 Å². The molecule has 0 spiro atoms. The van der Waals surface area contributed by atoms with Crippen molar-refractivity contribution in [3.63, 3.8) is 0 Å². The molecule has 1 aromatic carbocycles. The summed E-state index contributed by atoms with van der Waals surface area (Å²) >= 11 is 0. The molecule has 2 heterocycles. The van der Waals surface area contributed by atoms with Gasteiger partial charge in [0, 0.05) is 30.1 Å². The fraction of sp³-hybridized carbons (Fsp3) is 0.0769. The molecule has 5 nitrogen and oxygen atoms in total. The Morgan fingerprint density at radius 1 is 1.30 bits per heavy atom. The molecular weight excluding hydrogens is 299 g/mol. The lowest BCUT2D eigenvalue weighted by Gasteiger charge is -2.03. The molecule has 0 amide bonds. The lowest BCUT2D eigenvalue weighted by Crippen LogP contribution is -2.13. The van der Waals surface area contributed by atoms with Gasteiger partial charge < -0.3 is 10.7 Å². The normalized spacial score (nSPS) is 11.4. The van der Waals surface area contributed by atoms with Crippen LogP contribution in [0.2, 0.25) is 0 Å². The van der Waals surface area contributed by atoms with Gasteiger partial charge in [-0.1, -0.05) is 6.07 Å². The summed E-state index contributed by atoms with van der Waals surface area (Å²) in [7, 11) is 0. The smallest absolute Gasteiger partial charge is 0.292 e. The Morgan fingerprint density at radius 2 is 2.10 bits per heavy atom. The van der Waals surface area contributed by atoms with E-state index in [1.807, 2.05) is 28.8 Å². The summed E-state index contributed by atoms with van der Waals surface area (Å²) in [5, 5.41) is 0. The highest BCUT2D eigenvalue weighted by molar-refractivity contribution is 5.85. The van der Waals surface area contributed by atoms with Gasteiger partial charge in [0.2, 0.25) is 5.65 Å². The van der Waals surface area contributed by atoms with Crippen LogP contribution in [0.4, 0.5) is 5.69 Å². The van der Waals surface area contributed by atoms with Gasteiger partial charge in [-0.25, -0.2) is 4.98 Å². The lowest BCUT2D eigenvalue weighted by atomic mass is 10.1. The molecule has 0 atom stereocenters. The van der Waals surface area contributed by atoms with Crippen molar-refractivity contribution in [2.45, 2.75) is 6.42 Å². The summed E-state index contributed by atoms with van der Waals surface area (Å²) in [5.74, 6) is 0.